The van der Waals surface area contributed by atoms with Gasteiger partial charge in [-0.1, -0.05) is 0 Å². The predicted octanol–water partition coefficient (Wildman–Crippen LogP) is 0.400. The summed E-state index contributed by atoms with van der Waals surface area (Å²) >= 11 is 0. The highest BCUT2D eigenvalue weighted by Gasteiger charge is 2.02. The lowest BCUT2D eigenvalue weighted by Gasteiger charge is -2.00. The fraction of sp³-hybridized carbons (Fsp3) is 0.222. The van der Waals surface area contributed by atoms with Gasteiger partial charge in [0.1, 0.15) is 6.29 Å². The monoisotopic (exact) mass is 178 g/mol. The Labute approximate surface area is 76.0 Å². The highest BCUT2D eigenvalue weighted by atomic mass is 16.1. The van der Waals surface area contributed by atoms with Gasteiger partial charge < -0.3 is 10.1 Å². The Morgan fingerprint density at radius 3 is 3.08 bits per heavy atom. The van der Waals surface area contributed by atoms with Crippen LogP contribution in [0, 0.1) is 0 Å². The second kappa shape index (κ2) is 5.03. The zero-order valence-corrected chi connectivity index (χ0v) is 7.06. The van der Waals surface area contributed by atoms with Crippen molar-refractivity contribution in [3.63, 3.8) is 0 Å². The molecule has 4 heteroatoms. The number of nitrogens with one attached hydrogen (secondary N) is 1. The number of carbonyl (C=O) groups is 2. The van der Waals surface area contributed by atoms with Crippen LogP contribution < -0.4 is 5.32 Å². The van der Waals surface area contributed by atoms with Crippen LogP contribution >= 0.6 is 0 Å². The number of carbonyl (C=O) groups excluding carboxylic acids is 2. The second-order valence-corrected chi connectivity index (χ2v) is 2.45. The maximum Gasteiger partial charge on any atom is 0.252 e. The molecule has 0 radical (unpaired) electrons. The van der Waals surface area contributed by atoms with Crippen molar-refractivity contribution in [1.82, 2.24) is 10.3 Å². The van der Waals surface area contributed by atoms with Gasteiger partial charge >= 0.3 is 0 Å². The number of pyridine rings is 1. The Morgan fingerprint density at radius 1 is 1.62 bits per heavy atom. The molecule has 0 spiro atoms. The van der Waals surface area contributed by atoms with Gasteiger partial charge in [-0.15, -0.1) is 0 Å². The topological polar surface area (TPSA) is 59.1 Å². The summed E-state index contributed by atoms with van der Waals surface area (Å²) in [6.45, 7) is 0.372. The van der Waals surface area contributed by atoms with Crippen molar-refractivity contribution in [2.45, 2.75) is 6.42 Å². The summed E-state index contributed by atoms with van der Waals surface area (Å²) in [6, 6.07) is 3.36. The smallest absolute Gasteiger partial charge is 0.252 e. The Balaban J connectivity index is 2.45. The molecule has 1 aromatic heterocycles. The molecule has 1 amide bonds. The van der Waals surface area contributed by atoms with Crippen molar-refractivity contribution in [1.29, 1.82) is 0 Å². The van der Waals surface area contributed by atoms with Gasteiger partial charge in [0.25, 0.3) is 5.91 Å². The van der Waals surface area contributed by atoms with Gasteiger partial charge in [0.2, 0.25) is 0 Å². The summed E-state index contributed by atoms with van der Waals surface area (Å²) in [6.07, 6.45) is 4.19. The summed E-state index contributed by atoms with van der Waals surface area (Å²) in [4.78, 5) is 25.0. The van der Waals surface area contributed by atoms with Crippen LogP contribution in [0.5, 0.6) is 0 Å². The average molecular weight is 178 g/mol. The fourth-order valence-electron chi connectivity index (χ4n) is 0.844. The van der Waals surface area contributed by atoms with Crippen molar-refractivity contribution in [3.05, 3.63) is 30.1 Å². The summed E-state index contributed by atoms with van der Waals surface area (Å²) in [5.74, 6) is -0.199. The lowest BCUT2D eigenvalue weighted by atomic mass is 10.2. The standard InChI is InChI=1S/C9H10N2O2/c12-6-2-5-11-9(13)8-3-1-4-10-7-8/h1,3-4,6-7H,2,5H2,(H,11,13). The van der Waals surface area contributed by atoms with E-state index < -0.39 is 0 Å². The molecule has 0 aromatic carbocycles. The minimum Gasteiger partial charge on any atom is -0.352 e. The molecule has 0 aliphatic heterocycles. The van der Waals surface area contributed by atoms with Crippen LogP contribution in [-0.2, 0) is 4.79 Å². The molecule has 1 heterocycles. The highest BCUT2D eigenvalue weighted by molar-refractivity contribution is 5.93. The first-order valence-electron chi connectivity index (χ1n) is 3.96. The first-order valence-corrected chi connectivity index (χ1v) is 3.96. The Hall–Kier alpha value is -1.71. The quantitative estimate of drug-likeness (QED) is 0.536. The van der Waals surface area contributed by atoms with E-state index in [1.165, 1.54) is 6.20 Å². The Kier molecular flexibility index (Phi) is 3.63. The SMILES string of the molecule is O=CCCNC(=O)c1cccnc1. The summed E-state index contributed by atoms with van der Waals surface area (Å²) in [5, 5.41) is 2.59. The van der Waals surface area contributed by atoms with E-state index in [1.54, 1.807) is 18.3 Å². The number of hydrogen-bond donors (Lipinski definition) is 1. The van der Waals surface area contributed by atoms with E-state index in [1.807, 2.05) is 0 Å². The molecule has 0 aliphatic rings. The molecule has 0 saturated carbocycles. The number of rotatable bonds is 4. The minimum atomic E-state index is -0.199. The van der Waals surface area contributed by atoms with Crippen molar-refractivity contribution >= 4 is 12.2 Å². The largest absolute Gasteiger partial charge is 0.352 e. The van der Waals surface area contributed by atoms with Gasteiger partial charge in [0.15, 0.2) is 0 Å². The fourth-order valence-corrected chi connectivity index (χ4v) is 0.844. The number of aromatic nitrogens is 1. The maximum atomic E-state index is 11.3. The van der Waals surface area contributed by atoms with E-state index >= 15 is 0 Å². The normalized spacial score (nSPS) is 9.23. The molecular weight excluding hydrogens is 168 g/mol. The van der Waals surface area contributed by atoms with Gasteiger partial charge in [-0.05, 0) is 12.1 Å². The van der Waals surface area contributed by atoms with E-state index in [-0.39, 0.29) is 5.91 Å². The average Bonchev–Trinajstić information content (AvgIpc) is 2.19. The molecule has 0 fully saturated rings. The Bertz CT molecular complexity index is 285. The molecule has 68 valence electrons. The lowest BCUT2D eigenvalue weighted by molar-refractivity contribution is -0.107. The molecule has 1 rings (SSSR count). The van der Waals surface area contributed by atoms with Gasteiger partial charge in [0.05, 0.1) is 5.56 Å². The van der Waals surface area contributed by atoms with Crippen LogP contribution in [0.4, 0.5) is 0 Å². The van der Waals surface area contributed by atoms with Gasteiger partial charge in [0, 0.05) is 25.4 Å². The number of hydrogen-bond acceptors (Lipinski definition) is 3. The molecule has 0 atom stereocenters. The number of amides is 1. The summed E-state index contributed by atoms with van der Waals surface area (Å²) < 4.78 is 0. The molecule has 1 aromatic rings. The first-order chi connectivity index (χ1) is 6.34. The van der Waals surface area contributed by atoms with E-state index in [0.717, 1.165) is 6.29 Å². The molecule has 1 N–H and O–H groups in total. The first kappa shape index (κ1) is 9.38. The third-order valence-corrected chi connectivity index (χ3v) is 1.47. The van der Waals surface area contributed by atoms with Crippen LogP contribution in [0.2, 0.25) is 0 Å². The number of aldehydes is 1. The van der Waals surface area contributed by atoms with E-state index in [4.69, 9.17) is 0 Å². The highest BCUT2D eigenvalue weighted by Crippen LogP contribution is 1.94. The van der Waals surface area contributed by atoms with E-state index in [2.05, 4.69) is 10.3 Å². The molecule has 4 nitrogen and oxygen atoms in total. The summed E-state index contributed by atoms with van der Waals surface area (Å²) in [5.41, 5.74) is 0.508. The molecule has 0 bridgehead atoms. The lowest BCUT2D eigenvalue weighted by Crippen LogP contribution is -2.24. The van der Waals surface area contributed by atoms with Crippen LogP contribution in [-0.4, -0.2) is 23.7 Å². The zero-order chi connectivity index (χ0) is 9.52. The summed E-state index contributed by atoms with van der Waals surface area (Å²) in [7, 11) is 0. The van der Waals surface area contributed by atoms with Crippen LogP contribution in [0.25, 0.3) is 0 Å². The van der Waals surface area contributed by atoms with Crippen LogP contribution in [0.3, 0.4) is 0 Å². The minimum absolute atomic E-state index is 0.199. The van der Waals surface area contributed by atoms with E-state index in [0.29, 0.717) is 18.5 Å². The van der Waals surface area contributed by atoms with Gasteiger partial charge in [-0.2, -0.15) is 0 Å². The third-order valence-electron chi connectivity index (χ3n) is 1.47. The molecule has 0 aliphatic carbocycles. The van der Waals surface area contributed by atoms with Gasteiger partial charge in [-0.3, -0.25) is 9.78 Å². The van der Waals surface area contributed by atoms with Crippen LogP contribution in [0.1, 0.15) is 16.8 Å². The number of nitrogens with zero attached hydrogens (tertiary/aromatic N) is 1. The van der Waals surface area contributed by atoms with Crippen LogP contribution in [0.15, 0.2) is 24.5 Å². The van der Waals surface area contributed by atoms with Crippen molar-refractivity contribution in [2.75, 3.05) is 6.54 Å². The molecule has 13 heavy (non-hydrogen) atoms. The van der Waals surface area contributed by atoms with Crippen molar-refractivity contribution in [2.24, 2.45) is 0 Å². The van der Waals surface area contributed by atoms with Crippen molar-refractivity contribution < 1.29 is 9.59 Å². The van der Waals surface area contributed by atoms with Gasteiger partial charge in [-0.25, -0.2) is 0 Å². The predicted molar refractivity (Wildman–Crippen MR) is 47.3 cm³/mol. The second-order valence-electron chi connectivity index (χ2n) is 2.45. The molecular formula is C9H10N2O2. The maximum absolute atomic E-state index is 11.3. The van der Waals surface area contributed by atoms with E-state index in [9.17, 15) is 9.59 Å². The zero-order valence-electron chi connectivity index (χ0n) is 7.06. The molecule has 0 saturated heterocycles. The van der Waals surface area contributed by atoms with Crippen molar-refractivity contribution in [3.8, 4) is 0 Å². The molecule has 0 unspecified atom stereocenters. The Morgan fingerprint density at radius 2 is 2.46 bits per heavy atom. The third kappa shape index (κ3) is 3.02.